The zero-order valence-corrected chi connectivity index (χ0v) is 16.3. The van der Waals surface area contributed by atoms with Crippen LogP contribution in [0.25, 0.3) is 11.0 Å². The largest absolute Gasteiger partial charge is 0.508 e. The number of sulfonamides is 1. The van der Waals surface area contributed by atoms with E-state index in [-0.39, 0.29) is 16.4 Å². The molecule has 0 spiro atoms. The average Bonchev–Trinajstić information content (AvgIpc) is 3.11. The van der Waals surface area contributed by atoms with Crippen molar-refractivity contribution in [3.05, 3.63) is 59.9 Å². The van der Waals surface area contributed by atoms with Gasteiger partial charge in [-0.05, 0) is 61.2 Å². The van der Waals surface area contributed by atoms with Crippen molar-refractivity contribution in [2.75, 3.05) is 13.1 Å². The lowest BCUT2D eigenvalue weighted by Crippen LogP contribution is -2.37. The van der Waals surface area contributed by atoms with E-state index in [1.807, 2.05) is 0 Å². The van der Waals surface area contributed by atoms with Gasteiger partial charge in [0.25, 0.3) is 0 Å². The molecule has 1 aliphatic heterocycles. The van der Waals surface area contributed by atoms with E-state index in [2.05, 4.69) is 6.92 Å². The van der Waals surface area contributed by atoms with Gasteiger partial charge in [0.1, 0.15) is 17.6 Å². The molecule has 2 aromatic carbocycles. The van der Waals surface area contributed by atoms with Crippen molar-refractivity contribution < 1.29 is 22.7 Å². The van der Waals surface area contributed by atoms with Gasteiger partial charge in [0.05, 0.1) is 10.5 Å². The second kappa shape index (κ2) is 7.07. The van der Waals surface area contributed by atoms with Crippen molar-refractivity contribution in [3.8, 4) is 5.75 Å². The number of piperidine rings is 1. The third kappa shape index (κ3) is 3.31. The van der Waals surface area contributed by atoms with E-state index >= 15 is 0 Å². The number of benzene rings is 2. The molecule has 146 valence electrons. The number of rotatable bonds is 4. The first-order valence-electron chi connectivity index (χ1n) is 9.21. The van der Waals surface area contributed by atoms with Gasteiger partial charge in [-0.1, -0.05) is 6.92 Å². The SMILES string of the molecule is CC1CCN(S(=O)(=O)c2ccc(C(=O)c3coc4ccc(O)cc34)cc2)CC1. The minimum atomic E-state index is -3.55. The number of fused-ring (bicyclic) bond motifs is 1. The van der Waals surface area contributed by atoms with Gasteiger partial charge in [0.2, 0.25) is 10.0 Å². The van der Waals surface area contributed by atoms with Crippen LogP contribution in [0.15, 0.2) is 58.0 Å². The standard InChI is InChI=1S/C21H21NO5S/c1-14-8-10-22(11-9-14)28(25,26)17-5-2-15(3-6-17)21(24)19-13-27-20-7-4-16(23)12-18(19)20/h2-7,12-14,23H,8-11H2,1H3. The number of hydrogen-bond acceptors (Lipinski definition) is 5. The van der Waals surface area contributed by atoms with Gasteiger partial charge in [-0.25, -0.2) is 8.42 Å². The summed E-state index contributed by atoms with van der Waals surface area (Å²) in [4.78, 5) is 13.0. The van der Waals surface area contributed by atoms with Crippen LogP contribution in [0, 0.1) is 5.92 Å². The van der Waals surface area contributed by atoms with Crippen molar-refractivity contribution in [2.45, 2.75) is 24.7 Å². The van der Waals surface area contributed by atoms with Crippen LogP contribution in [0.2, 0.25) is 0 Å². The molecular weight excluding hydrogens is 378 g/mol. The zero-order valence-electron chi connectivity index (χ0n) is 15.5. The van der Waals surface area contributed by atoms with Crippen LogP contribution in [0.1, 0.15) is 35.7 Å². The van der Waals surface area contributed by atoms with E-state index in [0.29, 0.717) is 41.1 Å². The van der Waals surface area contributed by atoms with Crippen molar-refractivity contribution in [1.82, 2.24) is 4.31 Å². The monoisotopic (exact) mass is 399 g/mol. The summed E-state index contributed by atoms with van der Waals surface area (Å²) in [5, 5.41) is 10.2. The molecule has 4 rings (SSSR count). The van der Waals surface area contributed by atoms with Crippen LogP contribution in [0.3, 0.4) is 0 Å². The predicted octanol–water partition coefficient (Wildman–Crippen LogP) is 3.79. The molecule has 0 bridgehead atoms. The summed E-state index contributed by atoms with van der Waals surface area (Å²) >= 11 is 0. The molecule has 7 heteroatoms. The van der Waals surface area contributed by atoms with E-state index < -0.39 is 10.0 Å². The summed E-state index contributed by atoms with van der Waals surface area (Å²) < 4.78 is 32.5. The number of carbonyl (C=O) groups excluding carboxylic acids is 1. The number of phenolic OH excluding ortho intramolecular Hbond substituents is 1. The van der Waals surface area contributed by atoms with Crippen LogP contribution in [-0.4, -0.2) is 36.7 Å². The number of nitrogens with zero attached hydrogens (tertiary/aromatic N) is 1. The van der Waals surface area contributed by atoms with Crippen LogP contribution >= 0.6 is 0 Å². The summed E-state index contributed by atoms with van der Waals surface area (Å²) in [6.45, 7) is 3.17. The van der Waals surface area contributed by atoms with Gasteiger partial charge in [-0.3, -0.25) is 4.79 Å². The lowest BCUT2D eigenvalue weighted by atomic mass is 10.0. The van der Waals surface area contributed by atoms with Crippen molar-refractivity contribution >= 4 is 26.8 Å². The smallest absolute Gasteiger partial charge is 0.243 e. The Morgan fingerprint density at radius 3 is 2.46 bits per heavy atom. The maximum atomic E-state index is 12.8. The van der Waals surface area contributed by atoms with E-state index in [4.69, 9.17) is 4.42 Å². The number of furan rings is 1. The fourth-order valence-electron chi connectivity index (χ4n) is 3.50. The van der Waals surface area contributed by atoms with E-state index in [0.717, 1.165) is 12.8 Å². The van der Waals surface area contributed by atoms with Crippen molar-refractivity contribution in [1.29, 1.82) is 0 Å². The number of phenols is 1. The van der Waals surface area contributed by atoms with Crippen LogP contribution in [0.5, 0.6) is 5.75 Å². The highest BCUT2D eigenvalue weighted by Crippen LogP contribution is 2.28. The second-order valence-corrected chi connectivity index (χ2v) is 9.21. The topological polar surface area (TPSA) is 87.8 Å². The number of carbonyl (C=O) groups is 1. The fraction of sp³-hybridized carbons (Fsp3) is 0.286. The van der Waals surface area contributed by atoms with Crippen LogP contribution < -0.4 is 0 Å². The first kappa shape index (κ1) is 18.7. The molecule has 3 aromatic rings. The van der Waals surface area contributed by atoms with Crippen molar-refractivity contribution in [3.63, 3.8) is 0 Å². The molecule has 28 heavy (non-hydrogen) atoms. The minimum absolute atomic E-state index is 0.0419. The summed E-state index contributed by atoms with van der Waals surface area (Å²) in [6, 6.07) is 10.5. The normalized spacial score (nSPS) is 16.5. The highest BCUT2D eigenvalue weighted by molar-refractivity contribution is 7.89. The Bertz CT molecular complexity index is 1120. The van der Waals surface area contributed by atoms with Crippen LogP contribution in [-0.2, 0) is 10.0 Å². The van der Waals surface area contributed by atoms with Gasteiger partial charge in [-0.15, -0.1) is 0 Å². The third-order valence-electron chi connectivity index (χ3n) is 5.30. The van der Waals surface area contributed by atoms with E-state index in [1.54, 1.807) is 6.07 Å². The van der Waals surface area contributed by atoms with Gasteiger partial charge >= 0.3 is 0 Å². The summed E-state index contributed by atoms with van der Waals surface area (Å²) in [5.41, 5.74) is 1.18. The van der Waals surface area contributed by atoms with Gasteiger partial charge in [0.15, 0.2) is 5.78 Å². The molecule has 2 heterocycles. The Kier molecular flexibility index (Phi) is 4.72. The predicted molar refractivity (Wildman–Crippen MR) is 105 cm³/mol. The molecule has 0 unspecified atom stereocenters. The fourth-order valence-corrected chi connectivity index (χ4v) is 4.97. The summed E-state index contributed by atoms with van der Waals surface area (Å²) in [6.07, 6.45) is 3.07. The molecule has 0 atom stereocenters. The van der Waals surface area contributed by atoms with E-state index in [9.17, 15) is 18.3 Å². The molecule has 0 aliphatic carbocycles. The van der Waals surface area contributed by atoms with E-state index in [1.165, 1.54) is 47.0 Å². The lowest BCUT2D eigenvalue weighted by molar-refractivity contribution is 0.103. The molecule has 0 saturated carbocycles. The first-order chi connectivity index (χ1) is 13.4. The maximum absolute atomic E-state index is 12.8. The molecule has 6 nitrogen and oxygen atoms in total. The summed E-state index contributed by atoms with van der Waals surface area (Å²) in [5.74, 6) is 0.288. The molecule has 1 aliphatic rings. The summed E-state index contributed by atoms with van der Waals surface area (Å²) in [7, 11) is -3.55. The molecule has 1 N–H and O–H groups in total. The molecule has 1 fully saturated rings. The molecule has 1 saturated heterocycles. The Morgan fingerprint density at radius 1 is 1.11 bits per heavy atom. The minimum Gasteiger partial charge on any atom is -0.508 e. The quantitative estimate of drug-likeness (QED) is 0.675. The first-order valence-corrected chi connectivity index (χ1v) is 10.7. The maximum Gasteiger partial charge on any atom is 0.243 e. The Morgan fingerprint density at radius 2 is 1.79 bits per heavy atom. The lowest BCUT2D eigenvalue weighted by Gasteiger charge is -2.29. The molecule has 1 aromatic heterocycles. The Hall–Kier alpha value is -2.64. The number of ketones is 1. The highest BCUT2D eigenvalue weighted by atomic mass is 32.2. The van der Waals surface area contributed by atoms with Gasteiger partial charge < -0.3 is 9.52 Å². The molecule has 0 amide bonds. The van der Waals surface area contributed by atoms with Gasteiger partial charge in [0, 0.05) is 24.0 Å². The second-order valence-electron chi connectivity index (χ2n) is 7.27. The number of hydrogen-bond donors (Lipinski definition) is 1. The molecular formula is C21H21NO5S. The Balaban J connectivity index is 1.60. The van der Waals surface area contributed by atoms with Crippen molar-refractivity contribution in [2.24, 2.45) is 5.92 Å². The highest BCUT2D eigenvalue weighted by Gasteiger charge is 2.28. The third-order valence-corrected chi connectivity index (χ3v) is 7.21. The van der Waals surface area contributed by atoms with Gasteiger partial charge in [-0.2, -0.15) is 4.31 Å². The molecule has 0 radical (unpaired) electrons. The Labute approximate surface area is 163 Å². The average molecular weight is 399 g/mol. The number of aromatic hydroxyl groups is 1. The zero-order chi connectivity index (χ0) is 19.9. The van der Waals surface area contributed by atoms with Crippen LogP contribution in [0.4, 0.5) is 0 Å².